The van der Waals surface area contributed by atoms with Crippen LogP contribution in [0.1, 0.15) is 12.8 Å². The summed E-state index contributed by atoms with van der Waals surface area (Å²) in [6, 6.07) is 0. The smallest absolute Gasteiger partial charge is 0.311 e. The third-order valence-corrected chi connectivity index (χ3v) is 2.94. The summed E-state index contributed by atoms with van der Waals surface area (Å²) in [6.45, 7) is 0.795. The van der Waals surface area contributed by atoms with Crippen molar-refractivity contribution in [3.8, 4) is 0 Å². The molecule has 80 valence electrons. The van der Waals surface area contributed by atoms with E-state index in [0.717, 1.165) is 6.54 Å². The maximum atomic E-state index is 10.7. The highest BCUT2D eigenvalue weighted by Crippen LogP contribution is 2.34. The first-order valence-corrected chi connectivity index (χ1v) is 5.49. The highest BCUT2D eigenvalue weighted by Gasteiger charge is 2.23. The molecule has 0 amide bonds. The molecule has 1 aliphatic carbocycles. The summed E-state index contributed by atoms with van der Waals surface area (Å²) >= 11 is 3.26. The number of halogens is 1. The number of nitro groups is 1. The van der Waals surface area contributed by atoms with E-state index in [1.807, 2.05) is 0 Å². The van der Waals surface area contributed by atoms with Crippen LogP contribution in [0.25, 0.3) is 0 Å². The van der Waals surface area contributed by atoms with E-state index in [4.69, 9.17) is 0 Å². The van der Waals surface area contributed by atoms with Gasteiger partial charge in [-0.1, -0.05) is 0 Å². The van der Waals surface area contributed by atoms with E-state index in [1.165, 1.54) is 19.0 Å². The molecule has 1 aromatic rings. The molecular weight excluding hydrogens is 262 g/mol. The largest absolute Gasteiger partial charge is 0.378 e. The molecule has 2 rings (SSSR count). The minimum Gasteiger partial charge on any atom is -0.378 e. The monoisotopic (exact) mass is 271 g/mol. The fourth-order valence-electron chi connectivity index (χ4n) is 1.31. The zero-order valence-electron chi connectivity index (χ0n) is 7.94. The summed E-state index contributed by atoms with van der Waals surface area (Å²) in [7, 11) is 0. The summed E-state index contributed by atoms with van der Waals surface area (Å²) in [5.41, 5.74) is 0.548. The van der Waals surface area contributed by atoms with Crippen LogP contribution in [-0.4, -0.2) is 16.5 Å². The molecule has 5 nitrogen and oxygen atoms in total. The fraction of sp³-hybridized carbons (Fsp3) is 0.444. The number of pyridine rings is 1. The maximum Gasteiger partial charge on any atom is 0.311 e. The Morgan fingerprint density at radius 2 is 2.33 bits per heavy atom. The van der Waals surface area contributed by atoms with E-state index in [1.54, 1.807) is 6.20 Å². The van der Waals surface area contributed by atoms with Gasteiger partial charge in [0, 0.05) is 12.7 Å². The first-order valence-electron chi connectivity index (χ1n) is 4.70. The lowest BCUT2D eigenvalue weighted by Crippen LogP contribution is -2.06. The fourth-order valence-corrected chi connectivity index (χ4v) is 1.77. The number of hydrogen-bond donors (Lipinski definition) is 1. The van der Waals surface area contributed by atoms with Crippen molar-refractivity contribution in [2.24, 2.45) is 5.92 Å². The van der Waals surface area contributed by atoms with Crippen LogP contribution >= 0.6 is 15.9 Å². The molecule has 15 heavy (non-hydrogen) atoms. The van der Waals surface area contributed by atoms with Gasteiger partial charge >= 0.3 is 5.69 Å². The van der Waals surface area contributed by atoms with Crippen LogP contribution in [0.15, 0.2) is 16.9 Å². The number of nitrogens with one attached hydrogen (secondary N) is 1. The van der Waals surface area contributed by atoms with Crippen LogP contribution < -0.4 is 5.32 Å². The zero-order chi connectivity index (χ0) is 10.8. The Kier molecular flexibility index (Phi) is 2.86. The van der Waals surface area contributed by atoms with Crippen molar-refractivity contribution in [2.75, 3.05) is 11.9 Å². The van der Waals surface area contributed by atoms with E-state index >= 15 is 0 Å². The quantitative estimate of drug-likeness (QED) is 0.675. The first-order chi connectivity index (χ1) is 7.18. The van der Waals surface area contributed by atoms with Gasteiger partial charge in [-0.05, 0) is 34.7 Å². The molecule has 0 unspecified atom stereocenters. The van der Waals surface area contributed by atoms with Gasteiger partial charge in [0.05, 0.1) is 9.40 Å². The Hall–Kier alpha value is -1.17. The second kappa shape index (κ2) is 4.14. The zero-order valence-corrected chi connectivity index (χ0v) is 9.53. The Balaban J connectivity index is 2.20. The summed E-state index contributed by atoms with van der Waals surface area (Å²) in [6.07, 6.45) is 5.25. The normalized spacial score (nSPS) is 15.0. The van der Waals surface area contributed by atoms with Gasteiger partial charge in [0.2, 0.25) is 0 Å². The van der Waals surface area contributed by atoms with Crippen LogP contribution in [0.4, 0.5) is 11.4 Å². The van der Waals surface area contributed by atoms with Gasteiger partial charge < -0.3 is 5.32 Å². The maximum absolute atomic E-state index is 10.7. The van der Waals surface area contributed by atoms with Crippen molar-refractivity contribution in [2.45, 2.75) is 12.8 Å². The average molecular weight is 272 g/mol. The van der Waals surface area contributed by atoms with Crippen LogP contribution in [0.5, 0.6) is 0 Å². The molecule has 0 bridgehead atoms. The number of anilines is 1. The van der Waals surface area contributed by atoms with Gasteiger partial charge in [-0.25, -0.2) is 0 Å². The van der Waals surface area contributed by atoms with Crippen LogP contribution in [0, 0.1) is 16.0 Å². The molecule has 0 atom stereocenters. The molecule has 1 heterocycles. The summed E-state index contributed by atoms with van der Waals surface area (Å²) in [4.78, 5) is 14.1. The molecule has 1 aliphatic rings. The molecular formula is C9H10BrN3O2. The molecule has 0 aromatic carbocycles. The van der Waals surface area contributed by atoms with Crippen molar-refractivity contribution in [3.63, 3.8) is 0 Å². The number of aromatic nitrogens is 1. The van der Waals surface area contributed by atoms with Gasteiger partial charge in [-0.2, -0.15) is 0 Å². The molecule has 0 radical (unpaired) electrons. The lowest BCUT2D eigenvalue weighted by Gasteiger charge is -2.07. The lowest BCUT2D eigenvalue weighted by atomic mass is 10.3. The Morgan fingerprint density at radius 3 is 2.93 bits per heavy atom. The topological polar surface area (TPSA) is 68.1 Å². The van der Waals surface area contributed by atoms with Crippen molar-refractivity contribution < 1.29 is 4.92 Å². The predicted octanol–water partition coefficient (Wildman–Crippen LogP) is 2.57. The van der Waals surface area contributed by atoms with Crippen molar-refractivity contribution >= 4 is 27.3 Å². The summed E-state index contributed by atoms with van der Waals surface area (Å²) < 4.78 is 0.636. The van der Waals surface area contributed by atoms with Crippen LogP contribution in [-0.2, 0) is 0 Å². The third kappa shape index (κ3) is 2.44. The van der Waals surface area contributed by atoms with Crippen molar-refractivity contribution in [1.29, 1.82) is 0 Å². The van der Waals surface area contributed by atoms with Crippen LogP contribution in [0.2, 0.25) is 0 Å². The Morgan fingerprint density at radius 1 is 1.60 bits per heavy atom. The van der Waals surface area contributed by atoms with E-state index in [0.29, 0.717) is 16.1 Å². The average Bonchev–Trinajstić information content (AvgIpc) is 2.99. The highest BCUT2D eigenvalue weighted by atomic mass is 79.9. The molecule has 1 saturated carbocycles. The highest BCUT2D eigenvalue weighted by molar-refractivity contribution is 9.10. The minimum absolute atomic E-state index is 0.0185. The molecule has 1 aromatic heterocycles. The first kappa shape index (κ1) is 10.4. The molecule has 0 aliphatic heterocycles. The predicted molar refractivity (Wildman–Crippen MR) is 59.8 cm³/mol. The second-order valence-corrected chi connectivity index (χ2v) is 4.45. The molecule has 1 fully saturated rings. The van der Waals surface area contributed by atoms with Gasteiger partial charge in [0.15, 0.2) is 0 Å². The third-order valence-electron chi connectivity index (χ3n) is 2.34. The van der Waals surface area contributed by atoms with E-state index in [9.17, 15) is 10.1 Å². The Labute approximate surface area is 95.2 Å². The molecule has 0 spiro atoms. The van der Waals surface area contributed by atoms with Gasteiger partial charge in [-0.15, -0.1) is 0 Å². The van der Waals surface area contributed by atoms with E-state index in [2.05, 4.69) is 26.2 Å². The Bertz CT molecular complexity index is 393. The molecule has 1 N–H and O–H groups in total. The standard InChI is InChI=1S/C9H10BrN3O2/c10-7-4-11-5-8(13(14)15)9(7)12-3-6-1-2-6/h4-6H,1-3H2,(H,11,12). The lowest BCUT2D eigenvalue weighted by molar-refractivity contribution is -0.384. The van der Waals surface area contributed by atoms with E-state index < -0.39 is 4.92 Å². The van der Waals surface area contributed by atoms with Crippen LogP contribution in [0.3, 0.4) is 0 Å². The summed E-state index contributed by atoms with van der Waals surface area (Å²) in [5.74, 6) is 0.671. The molecule has 0 saturated heterocycles. The van der Waals surface area contributed by atoms with Crippen molar-refractivity contribution in [1.82, 2.24) is 4.98 Å². The second-order valence-electron chi connectivity index (χ2n) is 3.60. The van der Waals surface area contributed by atoms with Crippen molar-refractivity contribution in [3.05, 3.63) is 27.0 Å². The minimum atomic E-state index is -0.424. The SMILES string of the molecule is O=[N+]([O-])c1cncc(Br)c1NCC1CC1. The summed E-state index contributed by atoms with van der Waals surface area (Å²) in [5, 5.41) is 13.8. The van der Waals surface area contributed by atoms with Gasteiger partial charge in [0.1, 0.15) is 11.9 Å². The number of hydrogen-bond acceptors (Lipinski definition) is 4. The molecule has 6 heteroatoms. The van der Waals surface area contributed by atoms with E-state index in [-0.39, 0.29) is 5.69 Å². The van der Waals surface area contributed by atoms with Gasteiger partial charge in [0.25, 0.3) is 0 Å². The van der Waals surface area contributed by atoms with Gasteiger partial charge in [-0.3, -0.25) is 15.1 Å². The number of nitrogens with zero attached hydrogens (tertiary/aromatic N) is 2. The number of rotatable bonds is 4.